The van der Waals surface area contributed by atoms with Crippen LogP contribution in [0.4, 0.5) is 11.4 Å². The van der Waals surface area contributed by atoms with Crippen LogP contribution in [-0.2, 0) is 22.9 Å². The molecular weight excluding hydrogens is 711 g/mol. The second kappa shape index (κ2) is 38.9. The van der Waals surface area contributed by atoms with E-state index in [0.29, 0.717) is 0 Å². The van der Waals surface area contributed by atoms with E-state index in [0.717, 1.165) is 43.5 Å². The molecule has 0 aliphatic rings. The third-order valence-electron chi connectivity index (χ3n) is 11.1. The number of unbranched alkanes of at least 4 members (excludes halogenated alkanes) is 26. The fourth-order valence-electron chi connectivity index (χ4n) is 7.57. The maximum absolute atomic E-state index is 5.37. The summed E-state index contributed by atoms with van der Waals surface area (Å²) in [5, 5.41) is 0. The molecule has 2 rings (SSSR count). The van der Waals surface area contributed by atoms with Crippen molar-refractivity contribution >= 4 is 22.8 Å². The van der Waals surface area contributed by atoms with E-state index >= 15 is 0 Å². The van der Waals surface area contributed by atoms with Gasteiger partial charge in [0.2, 0.25) is 0 Å². The van der Waals surface area contributed by atoms with Gasteiger partial charge in [-0.3, -0.25) is 9.98 Å². The summed E-state index contributed by atoms with van der Waals surface area (Å²) in [5.41, 5.74) is 5.89. The molecule has 2 nitrogen and oxygen atoms in total. The van der Waals surface area contributed by atoms with Crippen molar-refractivity contribution in [2.75, 3.05) is 0 Å². The Morgan fingerprint density at radius 1 is 0.400 bits per heavy atom. The number of aliphatic imine (C=N–C) groups is 2. The number of rotatable bonds is 37. The van der Waals surface area contributed by atoms with Crippen LogP contribution in [0.3, 0.4) is 0 Å². The molecule has 314 valence electrons. The quantitative estimate of drug-likeness (QED) is 0.0282. The smallest absolute Gasteiger partial charge is 0.0665 e. The van der Waals surface area contributed by atoms with Crippen LogP contribution in [0, 0.1) is 0 Å². The molecule has 0 unspecified atom stereocenters. The average molecular weight is 798 g/mol. The average Bonchev–Trinajstić information content (AvgIpc) is 3.20. The SMILES string of the molecule is CCCCCCCCCCCCCCCCCCCCCCCC/C=C/CCc1ccccc1N=C(CCCC)C(CCCCCC)=Nc1ccccc1.[Ni]. The molecule has 0 radical (unpaired) electrons. The Bertz CT molecular complexity index is 1200. The molecular formula is C52H86N2Ni. The van der Waals surface area contributed by atoms with E-state index in [1.54, 1.807) is 0 Å². The Kier molecular flexibility index (Phi) is 36.1. The number of allylic oxidation sites excluding steroid dienone is 2. The van der Waals surface area contributed by atoms with Crippen LogP contribution in [0.1, 0.15) is 232 Å². The molecule has 3 heteroatoms. The van der Waals surface area contributed by atoms with Crippen molar-refractivity contribution in [1.82, 2.24) is 0 Å². The summed E-state index contributed by atoms with van der Waals surface area (Å²) in [6.45, 7) is 6.86. The van der Waals surface area contributed by atoms with Crippen molar-refractivity contribution in [1.29, 1.82) is 0 Å². The maximum atomic E-state index is 5.37. The number of aryl methyl sites for hydroxylation is 1. The molecule has 0 saturated carbocycles. The van der Waals surface area contributed by atoms with Gasteiger partial charge < -0.3 is 0 Å². The van der Waals surface area contributed by atoms with Gasteiger partial charge in [-0.05, 0) is 75.1 Å². The van der Waals surface area contributed by atoms with Crippen LogP contribution in [0.15, 0.2) is 76.7 Å². The van der Waals surface area contributed by atoms with Crippen LogP contribution in [0.5, 0.6) is 0 Å². The molecule has 0 heterocycles. The normalized spacial score (nSPS) is 12.1. The number of hydrogen-bond acceptors (Lipinski definition) is 2. The first-order valence-corrected chi connectivity index (χ1v) is 23.7. The largest absolute Gasteiger partial charge is 0.252 e. The fourth-order valence-corrected chi connectivity index (χ4v) is 7.57. The maximum Gasteiger partial charge on any atom is 0.0665 e. The van der Waals surface area contributed by atoms with E-state index in [-0.39, 0.29) is 16.5 Å². The predicted molar refractivity (Wildman–Crippen MR) is 245 cm³/mol. The van der Waals surface area contributed by atoms with Crippen LogP contribution in [0.2, 0.25) is 0 Å². The Morgan fingerprint density at radius 2 is 0.800 bits per heavy atom. The minimum atomic E-state index is 0. The van der Waals surface area contributed by atoms with E-state index in [9.17, 15) is 0 Å². The first-order valence-electron chi connectivity index (χ1n) is 23.7. The van der Waals surface area contributed by atoms with Crippen molar-refractivity contribution < 1.29 is 16.5 Å². The van der Waals surface area contributed by atoms with Crippen LogP contribution < -0.4 is 0 Å². The van der Waals surface area contributed by atoms with Gasteiger partial charge in [-0.15, -0.1) is 0 Å². The predicted octanol–water partition coefficient (Wildman–Crippen LogP) is 18.2. The monoisotopic (exact) mass is 797 g/mol. The second-order valence-electron chi connectivity index (χ2n) is 16.2. The van der Waals surface area contributed by atoms with E-state index in [1.807, 2.05) is 0 Å². The van der Waals surface area contributed by atoms with Crippen molar-refractivity contribution in [2.24, 2.45) is 9.98 Å². The molecule has 2 aromatic carbocycles. The van der Waals surface area contributed by atoms with Crippen LogP contribution >= 0.6 is 0 Å². The molecule has 0 bridgehead atoms. The molecule has 0 spiro atoms. The van der Waals surface area contributed by atoms with Gasteiger partial charge in [0.25, 0.3) is 0 Å². The number of benzene rings is 2. The zero-order valence-corrected chi connectivity index (χ0v) is 37.4. The third kappa shape index (κ3) is 29.0. The van der Waals surface area contributed by atoms with Gasteiger partial charge in [0.1, 0.15) is 0 Å². The molecule has 0 fully saturated rings. The van der Waals surface area contributed by atoms with E-state index < -0.39 is 0 Å². The summed E-state index contributed by atoms with van der Waals surface area (Å²) in [6, 6.07) is 19.3. The molecule has 0 amide bonds. The second-order valence-corrected chi connectivity index (χ2v) is 16.2. The Morgan fingerprint density at radius 3 is 1.33 bits per heavy atom. The van der Waals surface area contributed by atoms with Crippen LogP contribution in [-0.4, -0.2) is 11.4 Å². The standard InChI is InChI=1S/C52H86N2.Ni/c1-4-7-10-12-13-14-15-16-17-18-19-20-21-22-23-24-25-26-27-28-29-30-31-32-33-35-41-48-42-39-40-46-50(48)54-52(45-9-6-3)51(47-38-11-8-5-2)53-49-43-36-34-37-44-49;/h32-34,36-37,39-40,42-44,46H,4-31,35,38,41,45,47H2,1-3H3;/b33-32+,53-51?,54-52?;. The summed E-state index contributed by atoms with van der Waals surface area (Å²) in [7, 11) is 0. The van der Waals surface area contributed by atoms with Crippen molar-refractivity contribution in [3.8, 4) is 0 Å². The summed E-state index contributed by atoms with van der Waals surface area (Å²) >= 11 is 0. The summed E-state index contributed by atoms with van der Waals surface area (Å²) in [4.78, 5) is 10.5. The number of hydrogen-bond donors (Lipinski definition) is 0. The van der Waals surface area contributed by atoms with Gasteiger partial charge in [0.05, 0.1) is 22.8 Å². The van der Waals surface area contributed by atoms with E-state index in [4.69, 9.17) is 9.98 Å². The Labute approximate surface area is 352 Å². The van der Waals surface area contributed by atoms with Gasteiger partial charge in [-0.1, -0.05) is 230 Å². The molecule has 2 aromatic rings. The number of para-hydroxylation sites is 2. The van der Waals surface area contributed by atoms with Crippen LogP contribution in [0.25, 0.3) is 0 Å². The van der Waals surface area contributed by atoms with Gasteiger partial charge in [0, 0.05) is 16.5 Å². The molecule has 0 aliphatic heterocycles. The van der Waals surface area contributed by atoms with Crippen molar-refractivity contribution in [2.45, 2.75) is 233 Å². The van der Waals surface area contributed by atoms with Crippen molar-refractivity contribution in [3.63, 3.8) is 0 Å². The molecule has 0 saturated heterocycles. The van der Waals surface area contributed by atoms with Gasteiger partial charge in [-0.2, -0.15) is 0 Å². The summed E-state index contributed by atoms with van der Waals surface area (Å²) < 4.78 is 0. The van der Waals surface area contributed by atoms with Crippen molar-refractivity contribution in [3.05, 3.63) is 72.3 Å². The summed E-state index contributed by atoms with van der Waals surface area (Å²) in [6.07, 6.45) is 49.3. The summed E-state index contributed by atoms with van der Waals surface area (Å²) in [5.74, 6) is 0. The molecule has 0 N–H and O–H groups in total. The molecule has 0 atom stereocenters. The molecule has 0 aliphatic carbocycles. The van der Waals surface area contributed by atoms with E-state index in [2.05, 4.69) is 87.5 Å². The molecule has 0 aromatic heterocycles. The first-order chi connectivity index (χ1) is 26.8. The Hall–Kier alpha value is -1.99. The van der Waals surface area contributed by atoms with Gasteiger partial charge in [0.15, 0.2) is 0 Å². The zero-order valence-electron chi connectivity index (χ0n) is 36.4. The minimum absolute atomic E-state index is 0. The third-order valence-corrected chi connectivity index (χ3v) is 11.1. The topological polar surface area (TPSA) is 24.7 Å². The van der Waals surface area contributed by atoms with Gasteiger partial charge in [-0.25, -0.2) is 0 Å². The van der Waals surface area contributed by atoms with Gasteiger partial charge >= 0.3 is 0 Å². The molecule has 55 heavy (non-hydrogen) atoms. The minimum Gasteiger partial charge on any atom is -0.252 e. The van der Waals surface area contributed by atoms with E-state index in [1.165, 1.54) is 197 Å². The first kappa shape index (κ1) is 51.0. The number of nitrogens with zero attached hydrogens (tertiary/aromatic N) is 2. The fraction of sp³-hybridized carbons (Fsp3) is 0.692. The zero-order chi connectivity index (χ0) is 38.4. The Balaban J connectivity index is 0.0000151.